The zero-order valence-electron chi connectivity index (χ0n) is 11.9. The summed E-state index contributed by atoms with van der Waals surface area (Å²) in [6.45, 7) is 0.441. The minimum absolute atomic E-state index is 0.0506. The molecule has 23 heavy (non-hydrogen) atoms. The van der Waals surface area contributed by atoms with Crippen LogP contribution < -0.4 is 5.32 Å². The Hall–Kier alpha value is -1.73. The van der Waals surface area contributed by atoms with Crippen molar-refractivity contribution < 1.29 is 23.4 Å². The Morgan fingerprint density at radius 2 is 1.83 bits per heavy atom. The molecule has 0 unspecified atom stereocenters. The first-order chi connectivity index (χ1) is 10.8. The normalized spacial score (nSPS) is 23.1. The molecule has 1 aliphatic heterocycles. The number of fused-ring (bicyclic) bond motifs is 5. The van der Waals surface area contributed by atoms with Crippen LogP contribution in [-0.4, -0.2) is 16.3 Å². The summed E-state index contributed by atoms with van der Waals surface area (Å²) in [7, 11) is 0. The van der Waals surface area contributed by atoms with Gasteiger partial charge in [-0.15, -0.1) is 11.3 Å². The van der Waals surface area contributed by atoms with E-state index in [1.54, 1.807) is 0 Å². The summed E-state index contributed by atoms with van der Waals surface area (Å²) in [5.74, 6) is -0.642. The number of rotatable bonds is 0. The molecule has 0 saturated heterocycles. The summed E-state index contributed by atoms with van der Waals surface area (Å²) in [6, 6.07) is 4.31. The smallest absolute Gasteiger partial charge is 0.425 e. The summed E-state index contributed by atoms with van der Waals surface area (Å²) >= 11 is 0.781. The second-order valence-corrected chi connectivity index (χ2v) is 7.17. The maximum Gasteiger partial charge on any atom is 0.425 e. The van der Waals surface area contributed by atoms with E-state index in [1.165, 1.54) is 18.2 Å². The predicted octanol–water partition coefficient (Wildman–Crippen LogP) is 3.73. The highest BCUT2D eigenvalue weighted by Gasteiger charge is 2.40. The number of thiophene rings is 1. The molecule has 1 aliphatic carbocycles. The van der Waals surface area contributed by atoms with Gasteiger partial charge in [0.1, 0.15) is 4.88 Å². The quantitative estimate of drug-likeness (QED) is 0.640. The molecule has 0 bridgehead atoms. The standard InChI is InChI=1S/C16H14F3NO2S/c17-16(18,19)14-5-9-13(23-14)6-20-10-2-1-7-3-11(21)12(22)4-8(7)15(9)10/h3-5,10,15,20-22H,1-2,6H2/t10-,15+/m0/s1. The van der Waals surface area contributed by atoms with Crippen LogP contribution in [0.4, 0.5) is 13.2 Å². The van der Waals surface area contributed by atoms with Crippen molar-refractivity contribution in [2.75, 3.05) is 0 Å². The molecule has 4 rings (SSSR count). The number of phenolic OH excluding ortho intramolecular Hbond substituents is 2. The van der Waals surface area contributed by atoms with Gasteiger partial charge in [0, 0.05) is 23.4 Å². The second-order valence-electron chi connectivity index (χ2n) is 6.03. The van der Waals surface area contributed by atoms with E-state index in [-0.39, 0.29) is 23.5 Å². The van der Waals surface area contributed by atoms with Gasteiger partial charge in [0.25, 0.3) is 0 Å². The zero-order valence-corrected chi connectivity index (χ0v) is 12.8. The predicted molar refractivity (Wildman–Crippen MR) is 79.9 cm³/mol. The number of phenols is 2. The molecular formula is C16H14F3NO2S. The third-order valence-electron chi connectivity index (χ3n) is 4.68. The van der Waals surface area contributed by atoms with Crippen molar-refractivity contribution in [3.05, 3.63) is 44.6 Å². The Morgan fingerprint density at radius 1 is 1.09 bits per heavy atom. The third-order valence-corrected chi connectivity index (χ3v) is 5.88. The molecule has 2 heterocycles. The second kappa shape index (κ2) is 4.88. The minimum atomic E-state index is -4.34. The molecule has 122 valence electrons. The summed E-state index contributed by atoms with van der Waals surface area (Å²) < 4.78 is 39.1. The van der Waals surface area contributed by atoms with Crippen LogP contribution in [0.5, 0.6) is 11.5 Å². The first-order valence-corrected chi connectivity index (χ1v) is 8.14. The largest absolute Gasteiger partial charge is 0.504 e. The Morgan fingerprint density at radius 3 is 2.57 bits per heavy atom. The van der Waals surface area contributed by atoms with Crippen LogP contribution in [0.25, 0.3) is 0 Å². The molecule has 0 amide bonds. The van der Waals surface area contributed by atoms with E-state index in [9.17, 15) is 23.4 Å². The number of aromatic hydroxyl groups is 2. The van der Waals surface area contributed by atoms with Crippen LogP contribution in [0.15, 0.2) is 18.2 Å². The Balaban J connectivity index is 1.87. The Bertz CT molecular complexity index is 784. The highest BCUT2D eigenvalue weighted by atomic mass is 32.1. The van der Waals surface area contributed by atoms with E-state index >= 15 is 0 Å². The average molecular weight is 341 g/mol. The number of nitrogens with one attached hydrogen (secondary N) is 1. The zero-order chi connectivity index (χ0) is 16.4. The lowest BCUT2D eigenvalue weighted by atomic mass is 9.74. The Kier molecular flexibility index (Phi) is 3.15. The maximum atomic E-state index is 13.0. The molecule has 1 aromatic carbocycles. The number of hydrogen-bond acceptors (Lipinski definition) is 4. The number of hydrogen-bond donors (Lipinski definition) is 3. The average Bonchev–Trinajstić information content (AvgIpc) is 2.92. The van der Waals surface area contributed by atoms with Gasteiger partial charge in [-0.3, -0.25) is 0 Å². The molecule has 1 aromatic heterocycles. The van der Waals surface area contributed by atoms with E-state index < -0.39 is 11.1 Å². The van der Waals surface area contributed by atoms with Crippen LogP contribution in [0.1, 0.15) is 38.8 Å². The van der Waals surface area contributed by atoms with Gasteiger partial charge < -0.3 is 15.5 Å². The molecule has 7 heteroatoms. The molecule has 2 aliphatic rings. The highest BCUT2D eigenvalue weighted by molar-refractivity contribution is 7.12. The van der Waals surface area contributed by atoms with Gasteiger partial charge in [0.15, 0.2) is 11.5 Å². The molecular weight excluding hydrogens is 327 g/mol. The number of alkyl halides is 3. The first-order valence-electron chi connectivity index (χ1n) is 7.32. The SMILES string of the molecule is Oc1cc2c(cc1O)[C@@H]1c3cc(C(F)(F)F)sc3CN[C@H]1CC2. The van der Waals surface area contributed by atoms with Crippen molar-refractivity contribution in [2.45, 2.75) is 37.5 Å². The van der Waals surface area contributed by atoms with Crippen molar-refractivity contribution in [2.24, 2.45) is 0 Å². The van der Waals surface area contributed by atoms with Crippen molar-refractivity contribution in [3.8, 4) is 11.5 Å². The van der Waals surface area contributed by atoms with Crippen LogP contribution in [0.3, 0.4) is 0 Å². The van der Waals surface area contributed by atoms with E-state index in [0.29, 0.717) is 17.0 Å². The fourth-order valence-corrected chi connectivity index (χ4v) is 4.67. The molecule has 3 N–H and O–H groups in total. The van der Waals surface area contributed by atoms with Crippen LogP contribution in [-0.2, 0) is 19.1 Å². The molecule has 3 nitrogen and oxygen atoms in total. The van der Waals surface area contributed by atoms with E-state index in [2.05, 4.69) is 5.32 Å². The number of benzene rings is 1. The highest BCUT2D eigenvalue weighted by Crippen LogP contribution is 2.48. The molecule has 2 aromatic rings. The molecule has 0 saturated carbocycles. The number of halogens is 3. The summed E-state index contributed by atoms with van der Waals surface area (Å²) in [5, 5.41) is 22.8. The molecule has 0 radical (unpaired) electrons. The third kappa shape index (κ3) is 2.30. The molecule has 2 atom stereocenters. The van der Waals surface area contributed by atoms with Crippen molar-refractivity contribution >= 4 is 11.3 Å². The topological polar surface area (TPSA) is 52.5 Å². The van der Waals surface area contributed by atoms with Gasteiger partial charge in [-0.2, -0.15) is 13.2 Å². The van der Waals surface area contributed by atoms with Gasteiger partial charge in [0.2, 0.25) is 0 Å². The van der Waals surface area contributed by atoms with Crippen molar-refractivity contribution in [3.63, 3.8) is 0 Å². The molecule has 0 spiro atoms. The van der Waals surface area contributed by atoms with E-state index in [1.807, 2.05) is 0 Å². The van der Waals surface area contributed by atoms with Gasteiger partial charge in [-0.25, -0.2) is 0 Å². The first kappa shape index (κ1) is 14.8. The maximum absolute atomic E-state index is 13.0. The van der Waals surface area contributed by atoms with E-state index in [0.717, 1.165) is 35.3 Å². The lowest BCUT2D eigenvalue weighted by molar-refractivity contribution is -0.134. The van der Waals surface area contributed by atoms with Crippen LogP contribution in [0, 0.1) is 0 Å². The Labute approximate surface area is 134 Å². The summed E-state index contributed by atoms with van der Waals surface area (Å²) in [5.41, 5.74) is 2.38. The summed E-state index contributed by atoms with van der Waals surface area (Å²) in [4.78, 5) is 0.110. The monoisotopic (exact) mass is 341 g/mol. The summed E-state index contributed by atoms with van der Waals surface area (Å²) in [6.07, 6.45) is -2.83. The van der Waals surface area contributed by atoms with Gasteiger partial charge in [0.05, 0.1) is 0 Å². The van der Waals surface area contributed by atoms with Crippen LogP contribution in [0.2, 0.25) is 0 Å². The van der Waals surface area contributed by atoms with Crippen molar-refractivity contribution in [1.82, 2.24) is 5.32 Å². The lowest BCUT2D eigenvalue weighted by Crippen LogP contribution is -2.41. The fraction of sp³-hybridized carbons (Fsp3) is 0.375. The van der Waals surface area contributed by atoms with Crippen molar-refractivity contribution in [1.29, 1.82) is 0 Å². The minimum Gasteiger partial charge on any atom is -0.504 e. The fourth-order valence-electron chi connectivity index (χ4n) is 3.65. The van der Waals surface area contributed by atoms with Gasteiger partial charge in [-0.05, 0) is 47.7 Å². The van der Waals surface area contributed by atoms with E-state index in [4.69, 9.17) is 0 Å². The number of aryl methyl sites for hydroxylation is 1. The van der Waals surface area contributed by atoms with Gasteiger partial charge in [-0.1, -0.05) is 0 Å². The van der Waals surface area contributed by atoms with Crippen LogP contribution >= 0.6 is 11.3 Å². The van der Waals surface area contributed by atoms with Gasteiger partial charge >= 0.3 is 6.18 Å². The lowest BCUT2D eigenvalue weighted by Gasteiger charge is -2.38. The molecule has 0 fully saturated rings.